The second-order valence-electron chi connectivity index (χ2n) is 5.58. The Bertz CT molecular complexity index is 652. The van der Waals surface area contributed by atoms with Gasteiger partial charge in [-0.1, -0.05) is 42.5 Å². The van der Waals surface area contributed by atoms with Crippen LogP contribution in [-0.4, -0.2) is 28.6 Å². The molecule has 2 N–H and O–H groups in total. The zero-order valence-corrected chi connectivity index (χ0v) is 12.1. The minimum Gasteiger partial charge on any atom is -0.429 e. The van der Waals surface area contributed by atoms with E-state index in [-0.39, 0.29) is 11.7 Å². The quantitative estimate of drug-likeness (QED) is 0.833. The summed E-state index contributed by atoms with van der Waals surface area (Å²) in [6, 6.07) is 8.50. The smallest absolute Gasteiger partial charge is 0.408 e. The lowest BCUT2D eigenvalue weighted by Gasteiger charge is -2.36. The lowest BCUT2D eigenvalue weighted by molar-refractivity contribution is -0.130. The molecular weight excluding hydrogens is 282 g/mol. The second kappa shape index (κ2) is 5.42. The van der Waals surface area contributed by atoms with Gasteiger partial charge in [0.1, 0.15) is 0 Å². The average Bonchev–Trinajstić information content (AvgIpc) is 2.70. The third-order valence-corrected chi connectivity index (χ3v) is 4.11. The third-order valence-electron chi connectivity index (χ3n) is 4.11. The molecule has 1 aromatic carbocycles. The highest BCUT2D eigenvalue weighted by Gasteiger charge is 2.52. The summed E-state index contributed by atoms with van der Waals surface area (Å²) in [6.45, 7) is 1.68. The molecule has 5 nitrogen and oxygen atoms in total. The number of nitrogens with one attached hydrogen (secondary N) is 1. The van der Waals surface area contributed by atoms with Crippen LogP contribution >= 0.6 is 0 Å². The molecule has 2 aliphatic rings. The Morgan fingerprint density at radius 1 is 1.32 bits per heavy atom. The molecule has 114 valence electrons. The number of ketones is 1. The molecule has 0 fully saturated rings. The van der Waals surface area contributed by atoms with Gasteiger partial charge in [-0.3, -0.25) is 4.79 Å². The van der Waals surface area contributed by atoms with Crippen molar-refractivity contribution >= 4 is 11.9 Å². The number of aliphatic hydroxyl groups is 1. The number of aliphatic hydroxyl groups excluding tert-OH is 1. The van der Waals surface area contributed by atoms with Crippen molar-refractivity contribution in [1.29, 1.82) is 0 Å². The van der Waals surface area contributed by atoms with E-state index >= 15 is 0 Å². The van der Waals surface area contributed by atoms with E-state index in [9.17, 15) is 14.7 Å². The fraction of sp³-hybridized carbons (Fsp3) is 0.294. The number of hydrogen-bond donors (Lipinski definition) is 2. The number of carbonyl (C=O) groups is 2. The lowest BCUT2D eigenvalue weighted by Crippen LogP contribution is -2.51. The molecule has 0 aromatic heterocycles. The molecule has 3 rings (SSSR count). The van der Waals surface area contributed by atoms with Crippen LogP contribution in [0.1, 0.15) is 18.6 Å². The van der Waals surface area contributed by atoms with Crippen LogP contribution in [0.5, 0.6) is 0 Å². The van der Waals surface area contributed by atoms with Crippen LogP contribution in [0.15, 0.2) is 54.6 Å². The van der Waals surface area contributed by atoms with Crippen LogP contribution in [0.3, 0.4) is 0 Å². The van der Waals surface area contributed by atoms with Gasteiger partial charge in [0.05, 0.1) is 12.1 Å². The Morgan fingerprint density at radius 2 is 2.05 bits per heavy atom. The molecule has 0 saturated heterocycles. The Hall–Kier alpha value is -2.40. The SMILES string of the molecule is C[C@H](NC(=O)OC12C=CC1C=CC2=O)[C@H](O)c1ccccc1. The lowest BCUT2D eigenvalue weighted by atomic mass is 9.79. The summed E-state index contributed by atoms with van der Waals surface area (Å²) in [4.78, 5) is 23.9. The minimum atomic E-state index is -1.18. The molecule has 0 aliphatic heterocycles. The van der Waals surface area contributed by atoms with Crippen LogP contribution in [0.2, 0.25) is 0 Å². The van der Waals surface area contributed by atoms with Crippen molar-refractivity contribution in [3.05, 3.63) is 60.2 Å². The summed E-state index contributed by atoms with van der Waals surface area (Å²) < 4.78 is 5.31. The van der Waals surface area contributed by atoms with Crippen LogP contribution < -0.4 is 5.32 Å². The normalized spacial score (nSPS) is 27.7. The molecule has 0 heterocycles. The molecule has 5 heteroatoms. The van der Waals surface area contributed by atoms with E-state index in [0.29, 0.717) is 5.56 Å². The average molecular weight is 299 g/mol. The van der Waals surface area contributed by atoms with Crippen molar-refractivity contribution in [3.63, 3.8) is 0 Å². The monoisotopic (exact) mass is 299 g/mol. The highest BCUT2D eigenvalue weighted by molar-refractivity contribution is 6.04. The van der Waals surface area contributed by atoms with Gasteiger partial charge in [-0.05, 0) is 24.6 Å². The number of ether oxygens (including phenoxy) is 1. The maximum Gasteiger partial charge on any atom is 0.408 e. The fourth-order valence-corrected chi connectivity index (χ4v) is 2.70. The van der Waals surface area contributed by atoms with Gasteiger partial charge in [-0.15, -0.1) is 0 Å². The van der Waals surface area contributed by atoms with E-state index in [4.69, 9.17) is 4.74 Å². The fourth-order valence-electron chi connectivity index (χ4n) is 2.70. The van der Waals surface area contributed by atoms with Gasteiger partial charge in [0.15, 0.2) is 0 Å². The number of hydrogen-bond acceptors (Lipinski definition) is 4. The van der Waals surface area contributed by atoms with Crippen molar-refractivity contribution in [2.24, 2.45) is 5.92 Å². The van der Waals surface area contributed by atoms with Crippen molar-refractivity contribution in [3.8, 4) is 0 Å². The number of alkyl carbamates (subject to hydrolysis) is 1. The molecule has 0 bridgehead atoms. The number of amides is 1. The van der Waals surface area contributed by atoms with E-state index in [2.05, 4.69) is 5.32 Å². The molecule has 2 unspecified atom stereocenters. The van der Waals surface area contributed by atoms with Crippen LogP contribution in [0.25, 0.3) is 0 Å². The zero-order valence-electron chi connectivity index (χ0n) is 12.1. The molecule has 2 aliphatic carbocycles. The molecule has 0 saturated carbocycles. The Kier molecular flexibility index (Phi) is 3.58. The van der Waals surface area contributed by atoms with Gasteiger partial charge in [-0.2, -0.15) is 0 Å². The maximum absolute atomic E-state index is 12.0. The molecule has 1 amide bonds. The summed E-state index contributed by atoms with van der Waals surface area (Å²) in [5.41, 5.74) is -0.477. The summed E-state index contributed by atoms with van der Waals surface area (Å²) in [5.74, 6) is -0.411. The van der Waals surface area contributed by atoms with Crippen molar-refractivity contribution < 1.29 is 19.4 Å². The van der Waals surface area contributed by atoms with Crippen molar-refractivity contribution in [1.82, 2.24) is 5.32 Å². The predicted molar refractivity (Wildman–Crippen MR) is 80.0 cm³/mol. The highest BCUT2D eigenvalue weighted by atomic mass is 16.6. The number of benzene rings is 1. The van der Waals surface area contributed by atoms with Crippen LogP contribution in [0.4, 0.5) is 4.79 Å². The van der Waals surface area contributed by atoms with Gasteiger partial charge in [0.25, 0.3) is 0 Å². The maximum atomic E-state index is 12.0. The van der Waals surface area contributed by atoms with E-state index in [1.165, 1.54) is 6.08 Å². The Morgan fingerprint density at radius 3 is 2.64 bits per heavy atom. The van der Waals surface area contributed by atoms with Gasteiger partial charge in [0.2, 0.25) is 11.4 Å². The third kappa shape index (κ3) is 2.33. The molecular formula is C17H17NO4. The van der Waals surface area contributed by atoms with E-state index in [1.807, 2.05) is 24.3 Å². The largest absolute Gasteiger partial charge is 0.429 e. The van der Waals surface area contributed by atoms with Crippen LogP contribution in [0, 0.1) is 5.92 Å². The summed E-state index contributed by atoms with van der Waals surface area (Å²) >= 11 is 0. The first kappa shape index (κ1) is 14.5. The van der Waals surface area contributed by atoms with Gasteiger partial charge >= 0.3 is 6.09 Å². The standard InChI is InChI=1S/C17H17NO4/c1-11(15(20)12-5-3-2-4-6-12)18-16(21)22-17-10-9-13(17)7-8-14(17)19/h2-11,13,15,20H,1H3,(H,18,21)/t11-,13?,15-,17?/m0/s1. The topological polar surface area (TPSA) is 75.6 Å². The Labute approximate surface area is 128 Å². The first-order valence-electron chi connectivity index (χ1n) is 7.17. The van der Waals surface area contributed by atoms with E-state index in [1.54, 1.807) is 31.2 Å². The molecule has 4 atom stereocenters. The van der Waals surface area contributed by atoms with Crippen molar-refractivity contribution in [2.75, 3.05) is 0 Å². The second-order valence-corrected chi connectivity index (χ2v) is 5.58. The summed E-state index contributed by atoms with van der Waals surface area (Å²) in [5, 5.41) is 12.8. The molecule has 0 spiro atoms. The minimum absolute atomic E-state index is 0.180. The highest BCUT2D eigenvalue weighted by Crippen LogP contribution is 2.40. The molecule has 0 radical (unpaired) electrons. The summed E-state index contributed by atoms with van der Waals surface area (Å²) in [7, 11) is 0. The van der Waals surface area contributed by atoms with Gasteiger partial charge < -0.3 is 15.2 Å². The first-order chi connectivity index (χ1) is 10.5. The number of carbonyl (C=O) groups excluding carboxylic acids is 2. The number of fused-ring (bicyclic) bond motifs is 1. The zero-order chi connectivity index (χ0) is 15.7. The van der Waals surface area contributed by atoms with Gasteiger partial charge in [-0.25, -0.2) is 4.79 Å². The summed E-state index contributed by atoms with van der Waals surface area (Å²) in [6.07, 6.45) is 5.00. The van der Waals surface area contributed by atoms with Gasteiger partial charge in [0, 0.05) is 5.92 Å². The number of rotatable bonds is 4. The van der Waals surface area contributed by atoms with Crippen molar-refractivity contribution in [2.45, 2.75) is 24.7 Å². The molecule has 22 heavy (non-hydrogen) atoms. The van der Waals surface area contributed by atoms with E-state index in [0.717, 1.165) is 0 Å². The molecule has 1 aromatic rings. The van der Waals surface area contributed by atoms with Crippen LogP contribution in [-0.2, 0) is 9.53 Å². The Balaban J connectivity index is 1.61. The predicted octanol–water partition coefficient (Wildman–Crippen LogP) is 1.90. The first-order valence-corrected chi connectivity index (χ1v) is 7.17. The van der Waals surface area contributed by atoms with E-state index < -0.39 is 23.8 Å².